The normalized spacial score (nSPS) is 17.9. The molecule has 0 aliphatic heterocycles. The van der Waals surface area contributed by atoms with E-state index in [0.29, 0.717) is 0 Å². The second-order valence-electron chi connectivity index (χ2n) is 3.32. The Morgan fingerprint density at radius 2 is 2.15 bits per heavy atom. The molecule has 0 N–H and O–H groups in total. The molecular weight excluding hydrogens is 296 g/mol. The van der Waals surface area contributed by atoms with Gasteiger partial charge in [-0.15, -0.1) is 0 Å². The maximum absolute atomic E-state index is 8.99. The molecule has 0 aromatic heterocycles. The van der Waals surface area contributed by atoms with Gasteiger partial charge in [0.05, 0.1) is 11.5 Å². The number of nitrogens with zero attached hydrogens (tertiary/aromatic N) is 1. The monoisotopic (exact) mass is 303 g/mol. The van der Waals surface area contributed by atoms with E-state index in [-0.39, 0.29) is 5.41 Å². The fraction of sp³-hybridized carbons (Fsp3) is 0.300. The van der Waals surface area contributed by atoms with Crippen LogP contribution in [0.15, 0.2) is 18.2 Å². The van der Waals surface area contributed by atoms with E-state index in [0.717, 1.165) is 27.0 Å². The lowest BCUT2D eigenvalue weighted by atomic mass is 9.98. The summed E-state index contributed by atoms with van der Waals surface area (Å²) in [6.07, 6.45) is 1.90. The first-order valence-electron chi connectivity index (χ1n) is 4.05. The summed E-state index contributed by atoms with van der Waals surface area (Å²) in [5, 5.41) is 9.72. The van der Waals surface area contributed by atoms with Gasteiger partial charge >= 0.3 is 0 Å². The Morgan fingerprint density at radius 3 is 2.62 bits per heavy atom. The molecule has 1 aliphatic carbocycles. The Hall–Kier alpha value is -0.270. The first-order valence-corrected chi connectivity index (χ1v) is 5.50. The smallest absolute Gasteiger partial charge is 0.0838 e. The number of hydrogen-bond donors (Lipinski definition) is 0. The van der Waals surface area contributed by atoms with Crippen LogP contribution in [0, 0.1) is 14.9 Å². The minimum absolute atomic E-state index is 0.262. The highest BCUT2D eigenvalue weighted by Crippen LogP contribution is 2.49. The van der Waals surface area contributed by atoms with E-state index in [2.05, 4.69) is 28.7 Å². The zero-order chi connectivity index (χ0) is 9.47. The van der Waals surface area contributed by atoms with Gasteiger partial charge < -0.3 is 0 Å². The van der Waals surface area contributed by atoms with E-state index in [4.69, 9.17) is 16.9 Å². The quantitative estimate of drug-likeness (QED) is 0.729. The lowest BCUT2D eigenvalue weighted by molar-refractivity contribution is 0.908. The molecule has 3 heteroatoms. The Labute approximate surface area is 95.8 Å². The number of nitriles is 1. The minimum Gasteiger partial charge on any atom is -0.197 e. The fourth-order valence-electron chi connectivity index (χ4n) is 1.44. The van der Waals surface area contributed by atoms with Crippen molar-refractivity contribution in [2.24, 2.45) is 0 Å². The predicted molar refractivity (Wildman–Crippen MR) is 60.7 cm³/mol. The SMILES string of the molecule is N#CC1(c2ccc(I)cc2Cl)CC1. The van der Waals surface area contributed by atoms with Crippen LogP contribution >= 0.6 is 34.2 Å². The van der Waals surface area contributed by atoms with Crippen molar-refractivity contribution in [1.82, 2.24) is 0 Å². The molecule has 13 heavy (non-hydrogen) atoms. The molecule has 1 aromatic rings. The van der Waals surface area contributed by atoms with Crippen LogP contribution in [-0.2, 0) is 5.41 Å². The number of rotatable bonds is 1. The zero-order valence-corrected chi connectivity index (χ0v) is 9.76. The molecule has 0 heterocycles. The second-order valence-corrected chi connectivity index (χ2v) is 4.97. The van der Waals surface area contributed by atoms with Gasteiger partial charge in [0, 0.05) is 8.59 Å². The highest BCUT2D eigenvalue weighted by molar-refractivity contribution is 14.1. The summed E-state index contributed by atoms with van der Waals surface area (Å²) in [4.78, 5) is 0. The molecule has 0 spiro atoms. The zero-order valence-electron chi connectivity index (χ0n) is 6.85. The van der Waals surface area contributed by atoms with Crippen molar-refractivity contribution in [2.45, 2.75) is 18.3 Å². The van der Waals surface area contributed by atoms with Gasteiger partial charge in [0.2, 0.25) is 0 Å². The molecule has 66 valence electrons. The summed E-state index contributed by atoms with van der Waals surface area (Å²) in [5.74, 6) is 0. The molecule has 1 saturated carbocycles. The molecule has 0 atom stereocenters. The molecule has 1 aromatic carbocycles. The summed E-state index contributed by atoms with van der Waals surface area (Å²) in [6.45, 7) is 0. The highest BCUT2D eigenvalue weighted by atomic mass is 127. The van der Waals surface area contributed by atoms with Crippen LogP contribution in [0.25, 0.3) is 0 Å². The van der Waals surface area contributed by atoms with Gasteiger partial charge in [-0.1, -0.05) is 17.7 Å². The Kier molecular flexibility index (Phi) is 2.25. The van der Waals surface area contributed by atoms with E-state index in [1.54, 1.807) is 0 Å². The maximum Gasteiger partial charge on any atom is 0.0838 e. The first kappa shape index (κ1) is 9.29. The van der Waals surface area contributed by atoms with Gasteiger partial charge in [-0.25, -0.2) is 0 Å². The van der Waals surface area contributed by atoms with Gasteiger partial charge in [-0.3, -0.25) is 0 Å². The largest absolute Gasteiger partial charge is 0.197 e. The van der Waals surface area contributed by atoms with Crippen LogP contribution in [0.1, 0.15) is 18.4 Å². The standard InChI is InChI=1S/C10H7ClIN/c11-9-5-7(12)1-2-8(9)10(6-13)3-4-10/h1-2,5H,3-4H2. The van der Waals surface area contributed by atoms with E-state index >= 15 is 0 Å². The van der Waals surface area contributed by atoms with Gasteiger partial charge in [-0.05, 0) is 53.1 Å². The third-order valence-electron chi connectivity index (χ3n) is 2.41. The predicted octanol–water partition coefficient (Wildman–Crippen LogP) is 3.50. The third kappa shape index (κ3) is 1.55. The minimum atomic E-state index is -0.262. The van der Waals surface area contributed by atoms with E-state index < -0.39 is 0 Å². The van der Waals surface area contributed by atoms with Crippen molar-refractivity contribution < 1.29 is 0 Å². The Balaban J connectivity index is 2.48. The summed E-state index contributed by atoms with van der Waals surface area (Å²) >= 11 is 8.29. The van der Waals surface area contributed by atoms with E-state index in [1.165, 1.54) is 0 Å². The van der Waals surface area contributed by atoms with E-state index in [1.807, 2.05) is 18.2 Å². The summed E-state index contributed by atoms with van der Waals surface area (Å²) < 4.78 is 1.11. The molecule has 1 fully saturated rings. The average molecular weight is 304 g/mol. The lowest BCUT2D eigenvalue weighted by Crippen LogP contribution is -2.03. The number of benzene rings is 1. The number of hydrogen-bond acceptors (Lipinski definition) is 1. The van der Waals surface area contributed by atoms with Gasteiger partial charge in [0.15, 0.2) is 0 Å². The molecule has 0 saturated heterocycles. The fourth-order valence-corrected chi connectivity index (χ4v) is 2.48. The van der Waals surface area contributed by atoms with Crippen LogP contribution < -0.4 is 0 Å². The topological polar surface area (TPSA) is 23.8 Å². The first-order chi connectivity index (χ1) is 6.18. The van der Waals surface area contributed by atoms with Crippen LogP contribution in [0.2, 0.25) is 5.02 Å². The van der Waals surface area contributed by atoms with E-state index in [9.17, 15) is 0 Å². The van der Waals surface area contributed by atoms with Crippen molar-refractivity contribution in [1.29, 1.82) is 5.26 Å². The molecule has 0 bridgehead atoms. The van der Waals surface area contributed by atoms with Crippen molar-refractivity contribution >= 4 is 34.2 Å². The second kappa shape index (κ2) is 3.14. The molecule has 0 amide bonds. The van der Waals surface area contributed by atoms with Crippen molar-refractivity contribution in [3.05, 3.63) is 32.4 Å². The van der Waals surface area contributed by atoms with Crippen LogP contribution in [0.5, 0.6) is 0 Å². The molecule has 1 nitrogen and oxygen atoms in total. The van der Waals surface area contributed by atoms with Crippen molar-refractivity contribution in [2.75, 3.05) is 0 Å². The molecule has 0 radical (unpaired) electrons. The van der Waals surface area contributed by atoms with Crippen molar-refractivity contribution in [3.8, 4) is 6.07 Å². The molecule has 0 unspecified atom stereocenters. The molecular formula is C10H7ClIN. The van der Waals surface area contributed by atoms with Gasteiger partial charge in [0.25, 0.3) is 0 Å². The maximum atomic E-state index is 8.99. The van der Waals surface area contributed by atoms with Crippen LogP contribution in [0.3, 0.4) is 0 Å². The van der Waals surface area contributed by atoms with Gasteiger partial charge in [0.1, 0.15) is 0 Å². The van der Waals surface area contributed by atoms with Crippen molar-refractivity contribution in [3.63, 3.8) is 0 Å². The third-order valence-corrected chi connectivity index (χ3v) is 3.39. The summed E-state index contributed by atoms with van der Waals surface area (Å²) in [6, 6.07) is 8.23. The van der Waals surface area contributed by atoms with Crippen LogP contribution in [-0.4, -0.2) is 0 Å². The molecule has 1 aliphatic rings. The van der Waals surface area contributed by atoms with Crippen LogP contribution in [0.4, 0.5) is 0 Å². The van der Waals surface area contributed by atoms with Gasteiger partial charge in [-0.2, -0.15) is 5.26 Å². The average Bonchev–Trinajstić information content (AvgIpc) is 2.85. The summed E-state index contributed by atoms with van der Waals surface area (Å²) in [7, 11) is 0. The lowest BCUT2D eigenvalue weighted by Gasteiger charge is -2.08. The Bertz CT molecular complexity index is 390. The number of halogens is 2. The Morgan fingerprint density at radius 1 is 1.46 bits per heavy atom. The highest BCUT2D eigenvalue weighted by Gasteiger charge is 2.46. The summed E-state index contributed by atoms with van der Waals surface area (Å²) in [5.41, 5.74) is 0.735. The molecule has 2 rings (SSSR count).